The van der Waals surface area contributed by atoms with Crippen LogP contribution in [0.5, 0.6) is 0 Å². The number of carbonyl (C=O) groups excluding carboxylic acids is 1. The van der Waals surface area contributed by atoms with E-state index in [9.17, 15) is 14.7 Å². The zero-order valence-corrected chi connectivity index (χ0v) is 12.1. The van der Waals surface area contributed by atoms with Crippen molar-refractivity contribution in [3.05, 3.63) is 0 Å². The molecule has 0 aromatic rings. The highest BCUT2D eigenvalue weighted by Gasteiger charge is 2.30. The number of rotatable bonds is 4. The summed E-state index contributed by atoms with van der Waals surface area (Å²) in [7, 11) is 0. The minimum absolute atomic E-state index is 0.0818. The number of hydrogen-bond acceptors (Lipinski definition) is 2. The van der Waals surface area contributed by atoms with Crippen molar-refractivity contribution in [2.45, 2.75) is 63.8 Å². The Morgan fingerprint density at radius 2 is 1.60 bits per heavy atom. The molecule has 5 heteroatoms. The Balaban J connectivity index is 1.72. The molecule has 0 bridgehead atoms. The maximum absolute atomic E-state index is 11.9. The molecule has 0 unspecified atom stereocenters. The molecule has 0 spiro atoms. The Morgan fingerprint density at radius 3 is 2.30 bits per heavy atom. The van der Waals surface area contributed by atoms with Gasteiger partial charge in [0.05, 0.1) is 5.92 Å². The Hall–Kier alpha value is -1.26. The van der Waals surface area contributed by atoms with Crippen molar-refractivity contribution in [1.82, 2.24) is 10.6 Å². The van der Waals surface area contributed by atoms with Crippen LogP contribution in [0.25, 0.3) is 0 Å². The van der Waals surface area contributed by atoms with E-state index in [2.05, 4.69) is 10.6 Å². The number of urea groups is 1. The topological polar surface area (TPSA) is 78.4 Å². The Kier molecular flexibility index (Phi) is 5.68. The fourth-order valence-electron chi connectivity index (χ4n) is 3.48. The molecule has 2 fully saturated rings. The smallest absolute Gasteiger partial charge is 0.315 e. The summed E-state index contributed by atoms with van der Waals surface area (Å²) in [4.78, 5) is 23.1. The van der Waals surface area contributed by atoms with Crippen LogP contribution < -0.4 is 10.6 Å². The second-order valence-electron chi connectivity index (χ2n) is 6.18. The number of aliphatic carboxylic acids is 1. The molecule has 2 aliphatic carbocycles. The molecule has 2 atom stereocenters. The van der Waals surface area contributed by atoms with Gasteiger partial charge in [-0.2, -0.15) is 0 Å². The van der Waals surface area contributed by atoms with Crippen molar-refractivity contribution in [3.8, 4) is 0 Å². The van der Waals surface area contributed by atoms with Gasteiger partial charge in [-0.15, -0.1) is 0 Å². The van der Waals surface area contributed by atoms with Crippen LogP contribution >= 0.6 is 0 Å². The third kappa shape index (κ3) is 4.39. The highest BCUT2D eigenvalue weighted by Crippen LogP contribution is 2.29. The van der Waals surface area contributed by atoms with Crippen molar-refractivity contribution >= 4 is 12.0 Å². The second kappa shape index (κ2) is 7.50. The standard InChI is InChI=1S/C15H26N2O3/c18-14(19)13-9-5-4-6-11(13)10-16-15(20)17-12-7-2-1-3-8-12/h11-13H,1-10H2,(H,18,19)(H2,16,17,20)/t11-,13-/m0/s1. The van der Waals surface area contributed by atoms with Gasteiger partial charge in [-0.05, 0) is 31.6 Å². The average molecular weight is 282 g/mol. The van der Waals surface area contributed by atoms with Crippen LogP contribution in [-0.4, -0.2) is 29.7 Å². The summed E-state index contributed by atoms with van der Waals surface area (Å²) >= 11 is 0. The summed E-state index contributed by atoms with van der Waals surface area (Å²) in [5.74, 6) is -0.929. The SMILES string of the molecule is O=C(NC[C@@H]1CCCC[C@@H]1C(=O)O)NC1CCCCC1. The minimum Gasteiger partial charge on any atom is -0.481 e. The van der Waals surface area contributed by atoms with E-state index >= 15 is 0 Å². The van der Waals surface area contributed by atoms with E-state index in [0.29, 0.717) is 12.6 Å². The average Bonchev–Trinajstić information content (AvgIpc) is 2.46. The number of hydrogen-bond donors (Lipinski definition) is 3. The van der Waals surface area contributed by atoms with Crippen LogP contribution in [0.3, 0.4) is 0 Å². The second-order valence-corrected chi connectivity index (χ2v) is 6.18. The van der Waals surface area contributed by atoms with E-state index in [1.165, 1.54) is 19.3 Å². The summed E-state index contributed by atoms with van der Waals surface area (Å²) in [6, 6.07) is 0.164. The fraction of sp³-hybridized carbons (Fsp3) is 0.867. The first-order valence-electron chi connectivity index (χ1n) is 7.94. The molecule has 2 amide bonds. The lowest BCUT2D eigenvalue weighted by Gasteiger charge is -2.29. The molecule has 2 rings (SSSR count). The van der Waals surface area contributed by atoms with Gasteiger partial charge in [-0.25, -0.2) is 4.79 Å². The van der Waals surface area contributed by atoms with Crippen LogP contribution in [0.2, 0.25) is 0 Å². The molecule has 2 saturated carbocycles. The van der Waals surface area contributed by atoms with Crippen molar-refractivity contribution in [1.29, 1.82) is 0 Å². The Bertz CT molecular complexity index is 340. The summed E-state index contributed by atoms with van der Waals surface area (Å²) in [5.41, 5.74) is 0. The predicted octanol–water partition coefficient (Wildman–Crippen LogP) is 2.51. The highest BCUT2D eigenvalue weighted by atomic mass is 16.4. The molecule has 0 aromatic carbocycles. The quantitative estimate of drug-likeness (QED) is 0.741. The maximum Gasteiger partial charge on any atom is 0.315 e. The van der Waals surface area contributed by atoms with Crippen LogP contribution in [-0.2, 0) is 4.79 Å². The van der Waals surface area contributed by atoms with Gasteiger partial charge < -0.3 is 15.7 Å². The van der Waals surface area contributed by atoms with E-state index in [1.54, 1.807) is 0 Å². The maximum atomic E-state index is 11.9. The molecule has 0 aliphatic heterocycles. The fourth-order valence-corrected chi connectivity index (χ4v) is 3.48. The van der Waals surface area contributed by atoms with Crippen LogP contribution in [0.4, 0.5) is 4.79 Å². The van der Waals surface area contributed by atoms with Crippen LogP contribution in [0.15, 0.2) is 0 Å². The molecule has 5 nitrogen and oxygen atoms in total. The Morgan fingerprint density at radius 1 is 0.950 bits per heavy atom. The molecule has 0 heterocycles. The first kappa shape index (κ1) is 15.1. The van der Waals surface area contributed by atoms with Gasteiger partial charge in [-0.3, -0.25) is 4.79 Å². The lowest BCUT2D eigenvalue weighted by atomic mass is 9.79. The summed E-state index contributed by atoms with van der Waals surface area (Å²) in [6.45, 7) is 0.482. The predicted molar refractivity (Wildman–Crippen MR) is 76.5 cm³/mol. The van der Waals surface area contributed by atoms with E-state index in [4.69, 9.17) is 0 Å². The van der Waals surface area contributed by atoms with E-state index in [1.807, 2.05) is 0 Å². The molecule has 20 heavy (non-hydrogen) atoms. The van der Waals surface area contributed by atoms with Gasteiger partial charge in [0.15, 0.2) is 0 Å². The minimum atomic E-state index is -0.718. The lowest BCUT2D eigenvalue weighted by molar-refractivity contribution is -0.144. The third-order valence-electron chi connectivity index (χ3n) is 4.69. The third-order valence-corrected chi connectivity index (χ3v) is 4.69. The van der Waals surface area contributed by atoms with Gasteiger partial charge in [0.1, 0.15) is 0 Å². The number of nitrogens with one attached hydrogen (secondary N) is 2. The summed E-state index contributed by atoms with van der Waals surface area (Å²) in [6.07, 6.45) is 9.48. The van der Waals surface area contributed by atoms with Gasteiger partial charge >= 0.3 is 12.0 Å². The summed E-state index contributed by atoms with van der Waals surface area (Å²) in [5, 5.41) is 15.1. The van der Waals surface area contributed by atoms with Crippen molar-refractivity contribution in [2.24, 2.45) is 11.8 Å². The molecule has 2 aliphatic rings. The van der Waals surface area contributed by atoms with Gasteiger partial charge in [-0.1, -0.05) is 32.1 Å². The number of carboxylic acid groups (broad SMARTS) is 1. The normalized spacial score (nSPS) is 27.8. The Labute approximate surface area is 120 Å². The van der Waals surface area contributed by atoms with Gasteiger partial charge in [0, 0.05) is 12.6 Å². The van der Waals surface area contributed by atoms with Crippen LogP contribution in [0, 0.1) is 11.8 Å². The summed E-state index contributed by atoms with van der Waals surface area (Å²) < 4.78 is 0. The zero-order valence-electron chi connectivity index (χ0n) is 12.1. The largest absolute Gasteiger partial charge is 0.481 e. The van der Waals surface area contributed by atoms with Crippen molar-refractivity contribution < 1.29 is 14.7 Å². The van der Waals surface area contributed by atoms with E-state index < -0.39 is 5.97 Å². The molecule has 0 aromatic heterocycles. The van der Waals surface area contributed by atoms with Gasteiger partial charge in [0.2, 0.25) is 0 Å². The number of carboxylic acids is 1. The van der Waals surface area contributed by atoms with Crippen molar-refractivity contribution in [3.63, 3.8) is 0 Å². The molecule has 0 saturated heterocycles. The first-order valence-corrected chi connectivity index (χ1v) is 7.94. The number of amides is 2. The zero-order chi connectivity index (χ0) is 14.4. The van der Waals surface area contributed by atoms with E-state index in [-0.39, 0.29) is 17.9 Å². The van der Waals surface area contributed by atoms with Gasteiger partial charge in [0.25, 0.3) is 0 Å². The monoisotopic (exact) mass is 282 g/mol. The lowest BCUT2D eigenvalue weighted by Crippen LogP contribution is -2.45. The van der Waals surface area contributed by atoms with E-state index in [0.717, 1.165) is 38.5 Å². The molecule has 0 radical (unpaired) electrons. The van der Waals surface area contributed by atoms with Crippen molar-refractivity contribution in [2.75, 3.05) is 6.54 Å². The molecule has 3 N–H and O–H groups in total. The van der Waals surface area contributed by atoms with Crippen LogP contribution in [0.1, 0.15) is 57.8 Å². The molecule has 114 valence electrons. The number of carbonyl (C=O) groups is 2. The molecular formula is C15H26N2O3. The first-order chi connectivity index (χ1) is 9.66. The highest BCUT2D eigenvalue weighted by molar-refractivity contribution is 5.74. The molecular weight excluding hydrogens is 256 g/mol.